The molecule has 0 fully saturated rings. The average molecular weight is 374 g/mol. The van der Waals surface area contributed by atoms with Crippen molar-refractivity contribution in [1.29, 1.82) is 0 Å². The van der Waals surface area contributed by atoms with Gasteiger partial charge >= 0.3 is 0 Å². The van der Waals surface area contributed by atoms with Gasteiger partial charge in [-0.1, -0.05) is 36.4 Å². The second kappa shape index (κ2) is 6.96. The number of carbonyl (C=O) groups is 1. The molecule has 0 aliphatic heterocycles. The smallest absolute Gasteiger partial charge is 0.268 e. The summed E-state index contributed by atoms with van der Waals surface area (Å²) in [7, 11) is 0. The Morgan fingerprint density at radius 2 is 1.89 bits per heavy atom. The van der Waals surface area contributed by atoms with E-state index in [1.54, 1.807) is 12.3 Å². The van der Waals surface area contributed by atoms with Gasteiger partial charge < -0.3 is 9.88 Å². The zero-order chi connectivity index (χ0) is 19.8. The fourth-order valence-corrected chi connectivity index (χ4v) is 3.36. The molecule has 1 N–H and O–H groups in total. The van der Waals surface area contributed by atoms with Crippen LogP contribution in [-0.4, -0.2) is 25.9 Å². The van der Waals surface area contributed by atoms with Gasteiger partial charge in [-0.2, -0.15) is 0 Å². The second-order valence-electron chi connectivity index (χ2n) is 7.32. The number of rotatable bonds is 4. The van der Waals surface area contributed by atoms with Crippen LogP contribution < -0.4 is 10.9 Å². The fraction of sp³-hybridized carbons (Fsp3) is 0.227. The molecule has 0 aliphatic carbocycles. The number of amides is 1. The van der Waals surface area contributed by atoms with E-state index < -0.39 is 0 Å². The fourth-order valence-electron chi connectivity index (χ4n) is 3.36. The molecular formula is C22H22N4O2. The number of nitrogens with one attached hydrogen (secondary N) is 1. The van der Waals surface area contributed by atoms with Crippen LogP contribution in [0.3, 0.4) is 0 Å². The van der Waals surface area contributed by atoms with E-state index in [4.69, 9.17) is 4.98 Å². The number of carbonyl (C=O) groups excluding carboxylic acids is 1. The van der Waals surface area contributed by atoms with Crippen LogP contribution in [0.4, 0.5) is 0 Å². The van der Waals surface area contributed by atoms with Gasteiger partial charge in [0.25, 0.3) is 11.5 Å². The maximum Gasteiger partial charge on any atom is 0.268 e. The standard InChI is InChI=1S/C22H22N4O2/c1-14(2)23-21(27)18-11-17-20(25(18)13-16-7-5-4-6-8-16)24-19-10-9-15(3)12-26(19)22(17)28/h4-12,14H,13H2,1-3H3,(H,23,27). The molecule has 0 bridgehead atoms. The molecule has 0 radical (unpaired) electrons. The largest absolute Gasteiger partial charge is 0.349 e. The molecule has 4 aromatic rings. The number of aromatic nitrogens is 3. The molecule has 0 atom stereocenters. The minimum Gasteiger partial charge on any atom is -0.349 e. The van der Waals surface area contributed by atoms with Crippen LogP contribution in [0.1, 0.15) is 35.5 Å². The summed E-state index contributed by atoms with van der Waals surface area (Å²) in [6, 6.07) is 15.2. The Hall–Kier alpha value is -3.41. The summed E-state index contributed by atoms with van der Waals surface area (Å²) in [6.45, 7) is 6.20. The van der Waals surface area contributed by atoms with Gasteiger partial charge in [0.15, 0.2) is 0 Å². The van der Waals surface area contributed by atoms with Gasteiger partial charge in [-0.05, 0) is 44.0 Å². The number of fused-ring (bicyclic) bond motifs is 2. The molecule has 3 aromatic heterocycles. The van der Waals surface area contributed by atoms with Crippen LogP contribution >= 0.6 is 0 Å². The molecular weight excluding hydrogens is 352 g/mol. The highest BCUT2D eigenvalue weighted by Gasteiger charge is 2.20. The van der Waals surface area contributed by atoms with Gasteiger partial charge in [-0.25, -0.2) is 4.98 Å². The Kier molecular flexibility index (Phi) is 4.47. The zero-order valence-corrected chi connectivity index (χ0v) is 16.1. The van der Waals surface area contributed by atoms with Crippen molar-refractivity contribution in [3.8, 4) is 0 Å². The van der Waals surface area contributed by atoms with E-state index in [9.17, 15) is 9.59 Å². The van der Waals surface area contributed by atoms with Crippen LogP contribution in [0, 0.1) is 6.92 Å². The Bertz CT molecular complexity index is 1240. The molecule has 0 unspecified atom stereocenters. The van der Waals surface area contributed by atoms with E-state index in [-0.39, 0.29) is 17.5 Å². The van der Waals surface area contributed by atoms with E-state index in [1.807, 2.05) is 67.8 Å². The monoisotopic (exact) mass is 374 g/mol. The molecule has 0 saturated carbocycles. The molecule has 1 aromatic carbocycles. The van der Waals surface area contributed by atoms with E-state index in [0.29, 0.717) is 28.9 Å². The van der Waals surface area contributed by atoms with Crippen LogP contribution in [0.2, 0.25) is 0 Å². The Labute approximate surface area is 162 Å². The number of nitrogens with zero attached hydrogens (tertiary/aromatic N) is 3. The molecule has 6 nitrogen and oxygen atoms in total. The maximum absolute atomic E-state index is 13.1. The minimum atomic E-state index is -0.214. The topological polar surface area (TPSA) is 68.4 Å². The molecule has 142 valence electrons. The lowest BCUT2D eigenvalue weighted by molar-refractivity contribution is 0.0934. The molecule has 0 aliphatic rings. The van der Waals surface area contributed by atoms with Crippen molar-refractivity contribution in [2.24, 2.45) is 0 Å². The van der Waals surface area contributed by atoms with Gasteiger partial charge in [-0.15, -0.1) is 0 Å². The zero-order valence-electron chi connectivity index (χ0n) is 16.1. The molecule has 4 rings (SSSR count). The summed E-state index contributed by atoms with van der Waals surface area (Å²) < 4.78 is 3.36. The molecule has 1 amide bonds. The summed E-state index contributed by atoms with van der Waals surface area (Å²) in [5.74, 6) is -0.214. The van der Waals surface area contributed by atoms with Crippen molar-refractivity contribution in [3.63, 3.8) is 0 Å². The third-order valence-electron chi connectivity index (χ3n) is 4.65. The van der Waals surface area contributed by atoms with E-state index in [2.05, 4.69) is 5.32 Å². The summed E-state index contributed by atoms with van der Waals surface area (Å²) in [5, 5.41) is 3.36. The van der Waals surface area contributed by atoms with Gasteiger partial charge in [-0.3, -0.25) is 14.0 Å². The van der Waals surface area contributed by atoms with E-state index >= 15 is 0 Å². The Morgan fingerprint density at radius 1 is 1.14 bits per heavy atom. The first-order valence-corrected chi connectivity index (χ1v) is 9.31. The van der Waals surface area contributed by atoms with Crippen LogP contribution in [0.15, 0.2) is 59.5 Å². The highest BCUT2D eigenvalue weighted by Crippen LogP contribution is 2.19. The first kappa shape index (κ1) is 18.0. The normalized spacial score (nSPS) is 11.4. The highest BCUT2D eigenvalue weighted by molar-refractivity contribution is 5.98. The first-order chi connectivity index (χ1) is 13.4. The number of pyridine rings is 1. The van der Waals surface area contributed by atoms with Crippen molar-refractivity contribution in [2.75, 3.05) is 0 Å². The van der Waals surface area contributed by atoms with Crippen molar-refractivity contribution in [2.45, 2.75) is 33.4 Å². The SMILES string of the molecule is Cc1ccc2nc3c(cc(C(=O)NC(C)C)n3Cc3ccccc3)c(=O)n2c1. The number of benzene rings is 1. The lowest BCUT2D eigenvalue weighted by atomic mass is 10.2. The van der Waals surface area contributed by atoms with Crippen molar-refractivity contribution >= 4 is 22.6 Å². The Balaban J connectivity index is 1.99. The van der Waals surface area contributed by atoms with Gasteiger partial charge in [0.2, 0.25) is 0 Å². The van der Waals surface area contributed by atoms with Crippen LogP contribution in [0.25, 0.3) is 16.7 Å². The van der Waals surface area contributed by atoms with Gasteiger partial charge in [0.05, 0.1) is 5.39 Å². The molecule has 28 heavy (non-hydrogen) atoms. The third-order valence-corrected chi connectivity index (χ3v) is 4.65. The number of aryl methyl sites for hydroxylation is 1. The number of hydrogen-bond donors (Lipinski definition) is 1. The number of hydrogen-bond acceptors (Lipinski definition) is 3. The maximum atomic E-state index is 13.1. The van der Waals surface area contributed by atoms with Crippen molar-refractivity contribution in [1.82, 2.24) is 19.3 Å². The van der Waals surface area contributed by atoms with Crippen molar-refractivity contribution < 1.29 is 4.79 Å². The summed E-state index contributed by atoms with van der Waals surface area (Å²) >= 11 is 0. The van der Waals surface area contributed by atoms with Crippen molar-refractivity contribution in [3.05, 3.63) is 81.9 Å². The third kappa shape index (κ3) is 3.17. The second-order valence-corrected chi connectivity index (χ2v) is 7.32. The van der Waals surface area contributed by atoms with Crippen LogP contribution in [0.5, 0.6) is 0 Å². The van der Waals surface area contributed by atoms with Crippen LogP contribution in [-0.2, 0) is 6.54 Å². The summed E-state index contributed by atoms with van der Waals surface area (Å²) in [4.78, 5) is 30.6. The lowest BCUT2D eigenvalue weighted by Gasteiger charge is -2.12. The average Bonchev–Trinajstić information content (AvgIpc) is 3.02. The quantitative estimate of drug-likeness (QED) is 0.597. The predicted molar refractivity (Wildman–Crippen MR) is 110 cm³/mol. The summed E-state index contributed by atoms with van der Waals surface area (Å²) in [5.41, 5.74) is 3.35. The van der Waals surface area contributed by atoms with E-state index in [0.717, 1.165) is 11.1 Å². The molecule has 3 heterocycles. The van der Waals surface area contributed by atoms with Gasteiger partial charge in [0, 0.05) is 18.8 Å². The molecule has 0 saturated heterocycles. The molecule has 6 heteroatoms. The Morgan fingerprint density at radius 3 is 2.61 bits per heavy atom. The lowest BCUT2D eigenvalue weighted by Crippen LogP contribution is -2.31. The van der Waals surface area contributed by atoms with E-state index in [1.165, 1.54) is 4.40 Å². The summed E-state index contributed by atoms with van der Waals surface area (Å²) in [6.07, 6.45) is 1.77. The highest BCUT2D eigenvalue weighted by atomic mass is 16.2. The van der Waals surface area contributed by atoms with Gasteiger partial charge in [0.1, 0.15) is 17.0 Å². The predicted octanol–water partition coefficient (Wildman–Crippen LogP) is 3.14. The first-order valence-electron chi connectivity index (χ1n) is 9.31. The molecule has 0 spiro atoms. The minimum absolute atomic E-state index is 0.00790.